The Kier molecular flexibility index (Phi) is 17.8. The highest BCUT2D eigenvalue weighted by Gasteiger charge is 2.33. The van der Waals surface area contributed by atoms with Crippen LogP contribution < -0.4 is 0 Å². The van der Waals surface area contributed by atoms with Crippen molar-refractivity contribution in [2.75, 3.05) is 0 Å². The van der Waals surface area contributed by atoms with Gasteiger partial charge in [0, 0.05) is 0 Å². The van der Waals surface area contributed by atoms with Gasteiger partial charge in [-0.2, -0.15) is 0 Å². The number of phenols is 4. The highest BCUT2D eigenvalue weighted by atomic mass is 28.4. The van der Waals surface area contributed by atoms with Crippen molar-refractivity contribution in [2.45, 2.75) is 128 Å². The Labute approximate surface area is 330 Å². The molecule has 4 N–H and O–H groups in total. The molecule has 10 heteroatoms. The van der Waals surface area contributed by atoms with Crippen LogP contribution in [0, 0.1) is 0 Å². The van der Waals surface area contributed by atoms with Crippen LogP contribution in [0.25, 0.3) is 0 Å². The lowest BCUT2D eigenvalue weighted by Crippen LogP contribution is -2.44. The maximum Gasteiger partial charge on any atom is 0.173 e. The number of aromatic hydroxyl groups is 4. The molecule has 6 nitrogen and oxygen atoms in total. The molecule has 0 heterocycles. The van der Waals surface area contributed by atoms with Crippen molar-refractivity contribution in [1.82, 2.24) is 0 Å². The zero-order valence-corrected chi connectivity index (χ0v) is 38.3. The van der Waals surface area contributed by atoms with Crippen LogP contribution in [0.3, 0.4) is 0 Å². The fourth-order valence-electron chi connectivity index (χ4n) is 7.32. The van der Waals surface area contributed by atoms with Gasteiger partial charge in [-0.05, 0) is 187 Å². The van der Waals surface area contributed by atoms with E-state index in [0.717, 1.165) is 74.6 Å². The highest BCUT2D eigenvalue weighted by Crippen LogP contribution is 2.28. The first kappa shape index (κ1) is 45.3. The van der Waals surface area contributed by atoms with E-state index in [9.17, 15) is 20.4 Å². The van der Waals surface area contributed by atoms with Crippen LogP contribution in [0.1, 0.15) is 47.9 Å². The van der Waals surface area contributed by atoms with Crippen molar-refractivity contribution >= 4 is 33.3 Å². The van der Waals surface area contributed by atoms with E-state index in [0.29, 0.717) is 23.0 Å². The van der Waals surface area contributed by atoms with Crippen LogP contribution in [0.4, 0.5) is 0 Å². The van der Waals surface area contributed by atoms with Gasteiger partial charge in [-0.1, -0.05) is 60.7 Å². The molecular formula is C44H68O6Si4. The van der Waals surface area contributed by atoms with Crippen LogP contribution in [0.5, 0.6) is 23.0 Å². The molecule has 0 unspecified atom stereocenters. The molecule has 0 saturated heterocycles. The minimum Gasteiger partial charge on any atom is -0.508 e. The van der Waals surface area contributed by atoms with Crippen LogP contribution in [0.15, 0.2) is 97.1 Å². The normalized spacial score (nSPS) is 12.3. The summed E-state index contributed by atoms with van der Waals surface area (Å²) in [4.78, 5) is 0. The molecule has 0 atom stereocenters. The Morgan fingerprint density at radius 1 is 0.370 bits per heavy atom. The highest BCUT2D eigenvalue weighted by molar-refractivity contribution is 6.85. The molecule has 296 valence electrons. The predicted octanol–water partition coefficient (Wildman–Crippen LogP) is 12.2. The molecule has 4 aromatic carbocycles. The minimum absolute atomic E-state index is 0.330. The standard InChI is InChI=1S/2C22H34O3Si2/c1-26(2,17-5-7-19-9-13-21(23)14-10-19)25-27(3,4)18-6-8-20-11-15-22(24)16-12-20;1-26(2,17-9-13-19-11-5-7-15-21(19)23)25-27(3,4)18-10-14-20-12-6-8-16-22(20)24/h9-16,23-24H,5-8,17-18H2,1-4H3;5-8,11-12,15-16,23-24H,9-10,13-14,17-18H2,1-4H3. The molecule has 0 aromatic heterocycles. The second-order valence-corrected chi connectivity index (χ2v) is 35.0. The predicted molar refractivity (Wildman–Crippen MR) is 237 cm³/mol. The van der Waals surface area contributed by atoms with Crippen molar-refractivity contribution in [3.8, 4) is 23.0 Å². The Hall–Kier alpha value is -3.13. The van der Waals surface area contributed by atoms with E-state index in [4.69, 9.17) is 8.23 Å². The van der Waals surface area contributed by atoms with Gasteiger partial charge < -0.3 is 28.7 Å². The van der Waals surface area contributed by atoms with E-state index in [1.807, 2.05) is 60.7 Å². The molecule has 0 saturated carbocycles. The van der Waals surface area contributed by atoms with Gasteiger partial charge in [0.2, 0.25) is 0 Å². The van der Waals surface area contributed by atoms with Gasteiger partial charge in [-0.15, -0.1) is 0 Å². The van der Waals surface area contributed by atoms with Crippen molar-refractivity contribution in [3.63, 3.8) is 0 Å². The lowest BCUT2D eigenvalue weighted by Gasteiger charge is -2.34. The molecule has 0 radical (unpaired) electrons. The third-order valence-electron chi connectivity index (χ3n) is 9.90. The maximum absolute atomic E-state index is 9.91. The Morgan fingerprint density at radius 2 is 0.648 bits per heavy atom. The molecule has 0 aliphatic carbocycles. The number of aryl methyl sites for hydroxylation is 4. The van der Waals surface area contributed by atoms with Gasteiger partial charge >= 0.3 is 0 Å². The summed E-state index contributed by atoms with van der Waals surface area (Å²) in [5, 5.41) is 38.6. The van der Waals surface area contributed by atoms with Gasteiger partial charge in [0.1, 0.15) is 23.0 Å². The number of phenolic OH excluding ortho intramolecular Hbond substituents is 4. The number of benzene rings is 4. The van der Waals surface area contributed by atoms with E-state index < -0.39 is 33.3 Å². The summed E-state index contributed by atoms with van der Waals surface area (Å²) >= 11 is 0. The summed E-state index contributed by atoms with van der Waals surface area (Å²) in [6.07, 6.45) is 8.29. The Bertz CT molecular complexity index is 1550. The van der Waals surface area contributed by atoms with E-state index >= 15 is 0 Å². The first-order chi connectivity index (χ1) is 25.3. The zero-order valence-electron chi connectivity index (χ0n) is 34.3. The van der Waals surface area contributed by atoms with Gasteiger partial charge in [0.05, 0.1) is 0 Å². The van der Waals surface area contributed by atoms with Gasteiger partial charge in [0.15, 0.2) is 33.3 Å². The molecule has 4 aromatic rings. The number of hydrogen-bond donors (Lipinski definition) is 4. The molecular weight excluding hydrogens is 737 g/mol. The average molecular weight is 805 g/mol. The topological polar surface area (TPSA) is 99.4 Å². The lowest BCUT2D eigenvalue weighted by molar-refractivity contribution is 0.466. The Morgan fingerprint density at radius 3 is 0.944 bits per heavy atom. The summed E-state index contributed by atoms with van der Waals surface area (Å²) in [6, 6.07) is 34.8. The van der Waals surface area contributed by atoms with E-state index in [2.05, 4.69) is 52.4 Å². The molecule has 0 spiro atoms. The number of hydrogen-bond acceptors (Lipinski definition) is 6. The van der Waals surface area contributed by atoms with Crippen molar-refractivity contribution < 1.29 is 28.7 Å². The van der Waals surface area contributed by atoms with Gasteiger partial charge in [-0.25, -0.2) is 0 Å². The second-order valence-electron chi connectivity index (χ2n) is 17.2. The largest absolute Gasteiger partial charge is 0.508 e. The molecule has 4 rings (SSSR count). The summed E-state index contributed by atoms with van der Waals surface area (Å²) in [6.45, 7) is 18.6. The van der Waals surface area contributed by atoms with Gasteiger partial charge in [-0.3, -0.25) is 0 Å². The van der Waals surface area contributed by atoms with Crippen LogP contribution in [-0.4, -0.2) is 53.7 Å². The molecule has 0 bridgehead atoms. The van der Waals surface area contributed by atoms with Crippen molar-refractivity contribution in [3.05, 3.63) is 119 Å². The monoisotopic (exact) mass is 804 g/mol. The van der Waals surface area contributed by atoms with Crippen molar-refractivity contribution in [1.29, 1.82) is 0 Å². The zero-order chi connectivity index (χ0) is 39.8. The van der Waals surface area contributed by atoms with Crippen LogP contribution in [0.2, 0.25) is 76.6 Å². The summed E-state index contributed by atoms with van der Waals surface area (Å²) in [5.74, 6) is 1.46. The fraction of sp³-hybridized carbons (Fsp3) is 0.455. The lowest BCUT2D eigenvalue weighted by atomic mass is 10.1. The molecule has 0 fully saturated rings. The maximum atomic E-state index is 9.91. The second kappa shape index (κ2) is 21.2. The molecule has 0 aliphatic heterocycles. The summed E-state index contributed by atoms with van der Waals surface area (Å²) < 4.78 is 13.5. The smallest absolute Gasteiger partial charge is 0.173 e. The SMILES string of the molecule is C[Si](C)(CCCc1ccc(O)cc1)O[Si](C)(C)CCCc1ccc(O)cc1.C[Si](C)(CCCc1ccccc1O)O[Si](C)(C)CCCc1ccccc1O. The quantitative estimate of drug-likeness (QED) is 0.0664. The fourth-order valence-corrected chi connectivity index (χ4v) is 25.0. The number of para-hydroxylation sites is 2. The third-order valence-corrected chi connectivity index (χ3v) is 25.0. The van der Waals surface area contributed by atoms with E-state index in [-0.39, 0.29) is 0 Å². The summed E-state index contributed by atoms with van der Waals surface area (Å²) in [5.41, 5.74) is 4.62. The first-order valence-electron chi connectivity index (χ1n) is 19.8. The average Bonchev–Trinajstić information content (AvgIpc) is 3.07. The summed E-state index contributed by atoms with van der Waals surface area (Å²) in [7, 11) is -6.76. The molecule has 54 heavy (non-hydrogen) atoms. The van der Waals surface area contributed by atoms with E-state index in [1.54, 1.807) is 36.4 Å². The van der Waals surface area contributed by atoms with Crippen molar-refractivity contribution in [2.24, 2.45) is 0 Å². The van der Waals surface area contributed by atoms with E-state index in [1.165, 1.54) is 23.2 Å². The van der Waals surface area contributed by atoms with Gasteiger partial charge in [0.25, 0.3) is 0 Å². The first-order valence-corrected chi connectivity index (χ1v) is 32.3. The molecule has 0 amide bonds. The minimum atomic E-state index is -1.72. The number of rotatable bonds is 20. The van der Waals surface area contributed by atoms with Crippen LogP contribution in [-0.2, 0) is 33.9 Å². The molecule has 0 aliphatic rings. The Balaban J connectivity index is 0.000000290. The third kappa shape index (κ3) is 18.0. The van der Waals surface area contributed by atoms with Crippen LogP contribution >= 0.6 is 0 Å².